The molecule has 3 aromatic rings. The summed E-state index contributed by atoms with van der Waals surface area (Å²) in [6, 6.07) is 11.5. The highest BCUT2D eigenvalue weighted by Gasteiger charge is 2.17. The highest BCUT2D eigenvalue weighted by molar-refractivity contribution is 5.99. The first-order valence-electron chi connectivity index (χ1n) is 6.93. The van der Waals surface area contributed by atoms with Gasteiger partial charge in [-0.1, -0.05) is 35.0 Å². The molecule has 0 saturated carbocycles. The van der Waals surface area contributed by atoms with Crippen LogP contribution < -0.4 is 5.32 Å². The standard InChI is InChI=1S/C17H15N3O2/c1-12-2-4-14(5-3-12)16-15(11-20-22-16)17(21)19-10-13-6-8-18-9-7-13/h2-9,11H,10H2,1H3,(H,19,21). The monoisotopic (exact) mass is 293 g/mol. The molecule has 0 unspecified atom stereocenters. The molecule has 5 nitrogen and oxygen atoms in total. The number of hydrogen-bond donors (Lipinski definition) is 1. The molecule has 0 saturated heterocycles. The maximum absolute atomic E-state index is 12.3. The average Bonchev–Trinajstić information content (AvgIpc) is 3.04. The van der Waals surface area contributed by atoms with Crippen molar-refractivity contribution in [3.63, 3.8) is 0 Å². The van der Waals surface area contributed by atoms with E-state index in [1.54, 1.807) is 12.4 Å². The maximum atomic E-state index is 12.3. The van der Waals surface area contributed by atoms with Gasteiger partial charge in [0.15, 0.2) is 5.76 Å². The fourth-order valence-electron chi connectivity index (χ4n) is 2.09. The molecule has 0 atom stereocenters. The van der Waals surface area contributed by atoms with E-state index in [9.17, 15) is 4.79 Å². The number of hydrogen-bond acceptors (Lipinski definition) is 4. The molecule has 0 aliphatic carbocycles. The fraction of sp³-hybridized carbons (Fsp3) is 0.118. The molecule has 2 heterocycles. The van der Waals surface area contributed by atoms with Gasteiger partial charge in [0.1, 0.15) is 5.56 Å². The van der Waals surface area contributed by atoms with Gasteiger partial charge in [-0.05, 0) is 24.6 Å². The minimum atomic E-state index is -0.214. The smallest absolute Gasteiger partial charge is 0.257 e. The van der Waals surface area contributed by atoms with E-state index >= 15 is 0 Å². The highest BCUT2D eigenvalue weighted by atomic mass is 16.5. The van der Waals surface area contributed by atoms with E-state index in [0.717, 1.165) is 16.7 Å². The van der Waals surface area contributed by atoms with Crippen LogP contribution in [0.15, 0.2) is 59.5 Å². The van der Waals surface area contributed by atoms with Crippen molar-refractivity contribution in [1.82, 2.24) is 15.5 Å². The lowest BCUT2D eigenvalue weighted by atomic mass is 10.1. The largest absolute Gasteiger partial charge is 0.355 e. The average molecular weight is 293 g/mol. The number of carbonyl (C=O) groups excluding carboxylic acids is 1. The van der Waals surface area contributed by atoms with E-state index in [0.29, 0.717) is 17.9 Å². The molecule has 5 heteroatoms. The highest BCUT2D eigenvalue weighted by Crippen LogP contribution is 2.23. The predicted octanol–water partition coefficient (Wildman–Crippen LogP) is 2.98. The van der Waals surface area contributed by atoms with Crippen LogP contribution in [0.1, 0.15) is 21.5 Å². The van der Waals surface area contributed by atoms with Crippen LogP contribution in [0.2, 0.25) is 0 Å². The normalized spacial score (nSPS) is 10.4. The summed E-state index contributed by atoms with van der Waals surface area (Å²) >= 11 is 0. The topological polar surface area (TPSA) is 68.0 Å². The number of carbonyl (C=O) groups is 1. The van der Waals surface area contributed by atoms with Crippen molar-refractivity contribution in [3.8, 4) is 11.3 Å². The summed E-state index contributed by atoms with van der Waals surface area (Å²) in [5, 5.41) is 6.61. The Morgan fingerprint density at radius 1 is 1.14 bits per heavy atom. The zero-order valence-electron chi connectivity index (χ0n) is 12.1. The molecule has 110 valence electrons. The third kappa shape index (κ3) is 3.03. The Bertz CT molecular complexity index is 764. The minimum Gasteiger partial charge on any atom is -0.355 e. The summed E-state index contributed by atoms with van der Waals surface area (Å²) in [6.45, 7) is 2.44. The second kappa shape index (κ2) is 6.22. The lowest BCUT2D eigenvalue weighted by Crippen LogP contribution is -2.22. The number of benzene rings is 1. The number of pyridine rings is 1. The van der Waals surface area contributed by atoms with Gasteiger partial charge in [0.2, 0.25) is 0 Å². The van der Waals surface area contributed by atoms with Gasteiger partial charge < -0.3 is 9.84 Å². The number of aryl methyl sites for hydroxylation is 1. The molecule has 1 amide bonds. The van der Waals surface area contributed by atoms with Crippen LogP contribution in [0.25, 0.3) is 11.3 Å². The first-order chi connectivity index (χ1) is 10.7. The van der Waals surface area contributed by atoms with Gasteiger partial charge in [0, 0.05) is 24.5 Å². The molecule has 0 spiro atoms. The van der Waals surface area contributed by atoms with Gasteiger partial charge in [0.05, 0.1) is 6.20 Å². The van der Waals surface area contributed by atoms with Gasteiger partial charge in [-0.25, -0.2) is 0 Å². The minimum absolute atomic E-state index is 0.214. The SMILES string of the molecule is Cc1ccc(-c2oncc2C(=O)NCc2ccncc2)cc1. The lowest BCUT2D eigenvalue weighted by molar-refractivity contribution is 0.0951. The fourth-order valence-corrected chi connectivity index (χ4v) is 2.09. The molecule has 0 bridgehead atoms. The van der Waals surface area contributed by atoms with Crippen molar-refractivity contribution in [2.75, 3.05) is 0 Å². The van der Waals surface area contributed by atoms with E-state index in [4.69, 9.17) is 4.52 Å². The second-order valence-corrected chi connectivity index (χ2v) is 4.97. The zero-order valence-corrected chi connectivity index (χ0v) is 12.1. The van der Waals surface area contributed by atoms with Crippen molar-refractivity contribution < 1.29 is 9.32 Å². The van der Waals surface area contributed by atoms with Crippen LogP contribution >= 0.6 is 0 Å². The molecule has 1 N–H and O–H groups in total. The van der Waals surface area contributed by atoms with E-state index in [2.05, 4.69) is 15.5 Å². The van der Waals surface area contributed by atoms with E-state index < -0.39 is 0 Å². The summed E-state index contributed by atoms with van der Waals surface area (Å²) in [5.41, 5.74) is 3.39. The van der Waals surface area contributed by atoms with Gasteiger partial charge in [-0.15, -0.1) is 0 Å². The summed E-state index contributed by atoms with van der Waals surface area (Å²) in [6.07, 6.45) is 4.83. The number of aromatic nitrogens is 2. The number of amides is 1. The van der Waals surface area contributed by atoms with E-state index in [1.807, 2.05) is 43.3 Å². The maximum Gasteiger partial charge on any atom is 0.257 e. The summed E-state index contributed by atoms with van der Waals surface area (Å²) in [7, 11) is 0. The van der Waals surface area contributed by atoms with Crippen molar-refractivity contribution in [1.29, 1.82) is 0 Å². The van der Waals surface area contributed by atoms with Crippen molar-refractivity contribution in [2.24, 2.45) is 0 Å². The molecular formula is C17H15N3O2. The molecule has 0 aliphatic heterocycles. The van der Waals surface area contributed by atoms with Gasteiger partial charge in [0.25, 0.3) is 5.91 Å². The van der Waals surface area contributed by atoms with Crippen LogP contribution in [0, 0.1) is 6.92 Å². The van der Waals surface area contributed by atoms with E-state index in [1.165, 1.54) is 6.20 Å². The van der Waals surface area contributed by atoms with Gasteiger partial charge in [-0.3, -0.25) is 9.78 Å². The van der Waals surface area contributed by atoms with Crippen LogP contribution in [-0.2, 0) is 6.54 Å². The zero-order chi connectivity index (χ0) is 15.4. The third-order valence-corrected chi connectivity index (χ3v) is 3.33. The summed E-state index contributed by atoms with van der Waals surface area (Å²) in [5.74, 6) is 0.265. The molecule has 2 aromatic heterocycles. The lowest BCUT2D eigenvalue weighted by Gasteiger charge is -2.05. The Labute approximate surface area is 128 Å². The van der Waals surface area contributed by atoms with Crippen LogP contribution in [0.5, 0.6) is 0 Å². The first-order valence-corrected chi connectivity index (χ1v) is 6.93. The number of rotatable bonds is 4. The third-order valence-electron chi connectivity index (χ3n) is 3.33. The Hall–Kier alpha value is -2.95. The Morgan fingerprint density at radius 3 is 2.59 bits per heavy atom. The van der Waals surface area contributed by atoms with Crippen LogP contribution in [0.4, 0.5) is 0 Å². The van der Waals surface area contributed by atoms with Crippen molar-refractivity contribution >= 4 is 5.91 Å². The predicted molar refractivity (Wildman–Crippen MR) is 82.1 cm³/mol. The summed E-state index contributed by atoms with van der Waals surface area (Å²) < 4.78 is 5.24. The molecule has 0 radical (unpaired) electrons. The Morgan fingerprint density at radius 2 is 1.86 bits per heavy atom. The number of nitrogens with zero attached hydrogens (tertiary/aromatic N) is 2. The second-order valence-electron chi connectivity index (χ2n) is 4.97. The van der Waals surface area contributed by atoms with Crippen LogP contribution in [-0.4, -0.2) is 16.0 Å². The van der Waals surface area contributed by atoms with Crippen molar-refractivity contribution in [3.05, 3.63) is 71.7 Å². The molecule has 3 rings (SSSR count). The molecule has 1 aromatic carbocycles. The quantitative estimate of drug-likeness (QED) is 0.803. The Kier molecular flexibility index (Phi) is 3.96. The number of nitrogens with one attached hydrogen (secondary N) is 1. The summed E-state index contributed by atoms with van der Waals surface area (Å²) in [4.78, 5) is 16.3. The first kappa shape index (κ1) is 14.0. The van der Waals surface area contributed by atoms with Crippen molar-refractivity contribution in [2.45, 2.75) is 13.5 Å². The van der Waals surface area contributed by atoms with Gasteiger partial charge >= 0.3 is 0 Å². The van der Waals surface area contributed by atoms with E-state index in [-0.39, 0.29) is 5.91 Å². The van der Waals surface area contributed by atoms with Crippen LogP contribution in [0.3, 0.4) is 0 Å². The molecule has 0 aliphatic rings. The van der Waals surface area contributed by atoms with Gasteiger partial charge in [-0.2, -0.15) is 0 Å². The Balaban J connectivity index is 1.76. The molecule has 0 fully saturated rings. The molecule has 22 heavy (non-hydrogen) atoms. The molecular weight excluding hydrogens is 278 g/mol.